The van der Waals surface area contributed by atoms with Gasteiger partial charge in [0, 0.05) is 13.6 Å². The SMILES string of the molecule is Cc1nn(C)c(Cl)c1S(=O)(=O)NCc1ccc(F)c(F)c1. The van der Waals surface area contributed by atoms with Crippen LogP contribution >= 0.6 is 11.6 Å². The second-order valence-corrected chi connectivity index (χ2v) is 6.46. The summed E-state index contributed by atoms with van der Waals surface area (Å²) in [6, 6.07) is 3.15. The summed E-state index contributed by atoms with van der Waals surface area (Å²) < 4.78 is 53.8. The molecule has 9 heteroatoms. The molecule has 0 fully saturated rings. The van der Waals surface area contributed by atoms with Crippen molar-refractivity contribution in [3.63, 3.8) is 0 Å². The summed E-state index contributed by atoms with van der Waals surface area (Å²) >= 11 is 5.90. The van der Waals surface area contributed by atoms with Gasteiger partial charge >= 0.3 is 0 Å². The molecule has 1 aromatic heterocycles. The third kappa shape index (κ3) is 3.22. The van der Waals surface area contributed by atoms with Crippen molar-refractivity contribution in [2.24, 2.45) is 7.05 Å². The molecule has 0 aliphatic heterocycles. The molecule has 5 nitrogen and oxygen atoms in total. The minimum absolute atomic E-state index is 0.0229. The van der Waals surface area contributed by atoms with E-state index >= 15 is 0 Å². The number of halogens is 3. The van der Waals surface area contributed by atoms with Gasteiger partial charge in [0.05, 0.1) is 5.69 Å². The fraction of sp³-hybridized carbons (Fsp3) is 0.250. The van der Waals surface area contributed by atoms with Gasteiger partial charge < -0.3 is 0 Å². The van der Waals surface area contributed by atoms with Crippen molar-refractivity contribution in [3.8, 4) is 0 Å². The van der Waals surface area contributed by atoms with Crippen molar-refractivity contribution in [2.45, 2.75) is 18.4 Å². The van der Waals surface area contributed by atoms with Crippen LogP contribution in [0.3, 0.4) is 0 Å². The van der Waals surface area contributed by atoms with Crippen LogP contribution in [0, 0.1) is 18.6 Å². The van der Waals surface area contributed by atoms with Gasteiger partial charge in [0.25, 0.3) is 0 Å². The highest BCUT2D eigenvalue weighted by molar-refractivity contribution is 7.89. The van der Waals surface area contributed by atoms with Crippen LogP contribution in [0.4, 0.5) is 8.78 Å². The molecule has 0 unspecified atom stereocenters. The minimum Gasteiger partial charge on any atom is -0.255 e. The molecule has 2 aromatic rings. The number of aromatic nitrogens is 2. The molecule has 1 heterocycles. The second-order valence-electron chi connectivity index (χ2n) is 4.40. The third-order valence-corrected chi connectivity index (χ3v) is 4.92. The lowest BCUT2D eigenvalue weighted by molar-refractivity contribution is 0.506. The van der Waals surface area contributed by atoms with Crippen molar-refractivity contribution >= 4 is 21.6 Å². The Hall–Kier alpha value is -1.51. The summed E-state index contributed by atoms with van der Waals surface area (Å²) in [7, 11) is -2.39. The Balaban J connectivity index is 2.24. The molecule has 0 amide bonds. The Bertz CT molecular complexity index is 790. The predicted octanol–water partition coefficient (Wildman–Crippen LogP) is 2.14. The summed E-state index contributed by atoms with van der Waals surface area (Å²) in [6.45, 7) is 1.32. The smallest absolute Gasteiger partial charge is 0.245 e. The average molecular weight is 336 g/mol. The van der Waals surface area contributed by atoms with E-state index in [1.165, 1.54) is 24.7 Å². The summed E-state index contributed by atoms with van der Waals surface area (Å²) in [5.74, 6) is -2.03. The predicted molar refractivity (Wildman–Crippen MR) is 73.3 cm³/mol. The highest BCUT2D eigenvalue weighted by atomic mass is 35.5. The van der Waals surface area contributed by atoms with E-state index < -0.39 is 21.7 Å². The van der Waals surface area contributed by atoms with E-state index in [1.807, 2.05) is 0 Å². The van der Waals surface area contributed by atoms with Gasteiger partial charge in [-0.3, -0.25) is 4.68 Å². The van der Waals surface area contributed by atoms with Gasteiger partial charge in [0.1, 0.15) is 10.0 Å². The van der Waals surface area contributed by atoms with Crippen LogP contribution in [0.25, 0.3) is 0 Å². The first kappa shape index (κ1) is 15.9. The van der Waals surface area contributed by atoms with Crippen molar-refractivity contribution < 1.29 is 17.2 Å². The largest absolute Gasteiger partial charge is 0.255 e. The van der Waals surface area contributed by atoms with Crippen LogP contribution in [0.15, 0.2) is 23.1 Å². The Kier molecular flexibility index (Phi) is 4.31. The molecule has 0 radical (unpaired) electrons. The van der Waals surface area contributed by atoms with Crippen LogP contribution in [0.5, 0.6) is 0 Å². The van der Waals surface area contributed by atoms with Crippen molar-refractivity contribution in [1.82, 2.24) is 14.5 Å². The van der Waals surface area contributed by atoms with Gasteiger partial charge in [-0.2, -0.15) is 5.10 Å². The summed E-state index contributed by atoms with van der Waals surface area (Å²) in [5, 5.41) is 3.89. The highest BCUT2D eigenvalue weighted by Gasteiger charge is 2.24. The lowest BCUT2D eigenvalue weighted by atomic mass is 10.2. The lowest BCUT2D eigenvalue weighted by Gasteiger charge is -2.07. The van der Waals surface area contributed by atoms with Crippen molar-refractivity contribution in [3.05, 3.63) is 46.2 Å². The van der Waals surface area contributed by atoms with E-state index in [9.17, 15) is 17.2 Å². The van der Waals surface area contributed by atoms with Gasteiger partial charge in [-0.25, -0.2) is 21.9 Å². The van der Waals surface area contributed by atoms with Crippen LogP contribution < -0.4 is 4.72 Å². The van der Waals surface area contributed by atoms with E-state index in [0.717, 1.165) is 12.1 Å². The third-order valence-electron chi connectivity index (χ3n) is 2.82. The molecule has 0 saturated carbocycles. The Morgan fingerprint density at radius 1 is 1.33 bits per heavy atom. The zero-order valence-corrected chi connectivity index (χ0v) is 12.8. The molecule has 0 aliphatic carbocycles. The fourth-order valence-electron chi connectivity index (χ4n) is 1.82. The molecule has 1 N–H and O–H groups in total. The average Bonchev–Trinajstić information content (AvgIpc) is 2.65. The van der Waals surface area contributed by atoms with E-state index in [-0.39, 0.29) is 27.9 Å². The highest BCUT2D eigenvalue weighted by Crippen LogP contribution is 2.24. The fourth-order valence-corrected chi connectivity index (χ4v) is 3.58. The number of hydrogen-bond acceptors (Lipinski definition) is 3. The standard InChI is InChI=1S/C12H12ClF2N3O2S/c1-7-11(12(13)18(2)17-7)21(19,20)16-6-8-3-4-9(14)10(15)5-8/h3-5,16H,6H2,1-2H3. The number of nitrogens with one attached hydrogen (secondary N) is 1. The van der Waals surface area contributed by atoms with E-state index in [4.69, 9.17) is 11.6 Å². The van der Waals surface area contributed by atoms with Gasteiger partial charge in [0.15, 0.2) is 11.6 Å². The summed E-state index contributed by atoms with van der Waals surface area (Å²) in [4.78, 5) is -0.130. The molecule has 21 heavy (non-hydrogen) atoms. The molecule has 0 aliphatic rings. The maximum Gasteiger partial charge on any atom is 0.245 e. The number of hydrogen-bond donors (Lipinski definition) is 1. The number of sulfonamides is 1. The molecular formula is C12H12ClF2N3O2S. The summed E-state index contributed by atoms with van der Waals surface area (Å²) in [5.41, 5.74) is 0.537. The van der Waals surface area contributed by atoms with E-state index in [2.05, 4.69) is 9.82 Å². The molecule has 1 aromatic carbocycles. The van der Waals surface area contributed by atoms with Crippen LogP contribution in [0.1, 0.15) is 11.3 Å². The zero-order chi connectivity index (χ0) is 15.8. The number of rotatable bonds is 4. The Morgan fingerprint density at radius 3 is 2.52 bits per heavy atom. The van der Waals surface area contributed by atoms with Crippen LogP contribution in [-0.2, 0) is 23.6 Å². The molecule has 0 atom stereocenters. The normalized spacial score (nSPS) is 11.9. The molecular weight excluding hydrogens is 324 g/mol. The van der Waals surface area contributed by atoms with Crippen LogP contribution in [-0.4, -0.2) is 18.2 Å². The minimum atomic E-state index is -3.90. The van der Waals surface area contributed by atoms with Gasteiger partial charge in [-0.05, 0) is 24.6 Å². The second kappa shape index (κ2) is 5.70. The first-order valence-corrected chi connectivity index (χ1v) is 7.71. The van der Waals surface area contributed by atoms with Gasteiger partial charge in [-0.15, -0.1) is 0 Å². The monoisotopic (exact) mass is 335 g/mol. The first-order chi connectivity index (χ1) is 9.72. The maximum atomic E-state index is 13.1. The first-order valence-electron chi connectivity index (χ1n) is 5.85. The van der Waals surface area contributed by atoms with E-state index in [0.29, 0.717) is 0 Å². The molecule has 2 rings (SSSR count). The Labute approximate surface area is 125 Å². The van der Waals surface area contributed by atoms with Crippen molar-refractivity contribution in [1.29, 1.82) is 0 Å². The summed E-state index contributed by atoms with van der Waals surface area (Å²) in [6.07, 6.45) is 0. The maximum absolute atomic E-state index is 13.1. The topological polar surface area (TPSA) is 64.0 Å². The molecule has 0 saturated heterocycles. The molecule has 114 valence electrons. The molecule has 0 spiro atoms. The number of aryl methyl sites for hydroxylation is 2. The number of benzene rings is 1. The van der Waals surface area contributed by atoms with Gasteiger partial charge in [0.2, 0.25) is 10.0 Å². The van der Waals surface area contributed by atoms with Crippen LogP contribution in [0.2, 0.25) is 5.15 Å². The molecule has 0 bridgehead atoms. The lowest BCUT2D eigenvalue weighted by Crippen LogP contribution is -2.24. The van der Waals surface area contributed by atoms with E-state index in [1.54, 1.807) is 0 Å². The Morgan fingerprint density at radius 2 is 2.00 bits per heavy atom. The zero-order valence-electron chi connectivity index (χ0n) is 11.2. The quantitative estimate of drug-likeness (QED) is 0.931. The number of nitrogens with zero attached hydrogens (tertiary/aromatic N) is 2. The van der Waals surface area contributed by atoms with Crippen molar-refractivity contribution in [2.75, 3.05) is 0 Å². The van der Waals surface area contributed by atoms with Gasteiger partial charge in [-0.1, -0.05) is 17.7 Å².